The summed E-state index contributed by atoms with van der Waals surface area (Å²) in [6.07, 6.45) is 0. The zero-order chi connectivity index (χ0) is 13.1. The van der Waals surface area contributed by atoms with Crippen LogP contribution in [0.4, 0.5) is 5.69 Å². The van der Waals surface area contributed by atoms with Gasteiger partial charge in [-0.2, -0.15) is 5.26 Å². The van der Waals surface area contributed by atoms with Crippen molar-refractivity contribution < 1.29 is 9.47 Å². The van der Waals surface area contributed by atoms with Gasteiger partial charge in [-0.25, -0.2) is 4.98 Å². The quantitative estimate of drug-likeness (QED) is 0.894. The molecule has 0 radical (unpaired) electrons. The highest BCUT2D eigenvalue weighted by Crippen LogP contribution is 2.34. The molecule has 5 heteroatoms. The molecule has 0 saturated heterocycles. The van der Waals surface area contributed by atoms with Crippen molar-refractivity contribution in [3.05, 3.63) is 23.9 Å². The molecule has 0 unspecified atom stereocenters. The smallest absolute Gasteiger partial charge is 0.162 e. The first kappa shape index (κ1) is 12.0. The molecule has 0 aliphatic heterocycles. The maximum atomic E-state index is 8.95. The van der Waals surface area contributed by atoms with Gasteiger partial charge in [-0.05, 0) is 12.1 Å². The summed E-state index contributed by atoms with van der Waals surface area (Å²) >= 11 is 0. The fourth-order valence-corrected chi connectivity index (χ4v) is 1.82. The predicted molar refractivity (Wildman–Crippen MR) is 69.1 cm³/mol. The number of nitriles is 1. The second-order valence-electron chi connectivity index (χ2n) is 3.64. The Labute approximate surface area is 105 Å². The molecule has 18 heavy (non-hydrogen) atoms. The van der Waals surface area contributed by atoms with Crippen molar-refractivity contribution in [2.45, 2.75) is 0 Å². The number of methoxy groups -OCH3 is 2. The van der Waals surface area contributed by atoms with Crippen LogP contribution in [0.2, 0.25) is 0 Å². The van der Waals surface area contributed by atoms with Gasteiger partial charge >= 0.3 is 0 Å². The molecular weight excluding hydrogens is 230 g/mol. The minimum Gasteiger partial charge on any atom is -0.493 e. The number of hydrogen-bond acceptors (Lipinski definition) is 5. The van der Waals surface area contributed by atoms with Crippen LogP contribution in [0.1, 0.15) is 5.69 Å². The van der Waals surface area contributed by atoms with Gasteiger partial charge in [0.2, 0.25) is 0 Å². The number of benzene rings is 1. The Bertz CT molecular complexity index is 632. The largest absolute Gasteiger partial charge is 0.493 e. The first-order valence-electron chi connectivity index (χ1n) is 5.38. The van der Waals surface area contributed by atoms with E-state index in [0.29, 0.717) is 22.7 Å². The third-order valence-electron chi connectivity index (χ3n) is 2.70. The number of anilines is 1. The zero-order valence-electron chi connectivity index (χ0n) is 10.4. The topological polar surface area (TPSA) is 67.2 Å². The van der Waals surface area contributed by atoms with Crippen LogP contribution in [0.3, 0.4) is 0 Å². The first-order chi connectivity index (χ1) is 8.73. The summed E-state index contributed by atoms with van der Waals surface area (Å²) < 4.78 is 10.5. The van der Waals surface area contributed by atoms with Gasteiger partial charge < -0.3 is 14.8 Å². The summed E-state index contributed by atoms with van der Waals surface area (Å²) in [6.45, 7) is 0. The van der Waals surface area contributed by atoms with E-state index in [4.69, 9.17) is 14.7 Å². The van der Waals surface area contributed by atoms with Crippen molar-refractivity contribution in [2.75, 3.05) is 26.6 Å². The van der Waals surface area contributed by atoms with E-state index in [2.05, 4.69) is 10.3 Å². The lowest BCUT2D eigenvalue weighted by Gasteiger charge is -2.11. The molecule has 0 saturated carbocycles. The van der Waals surface area contributed by atoms with Crippen molar-refractivity contribution >= 4 is 16.6 Å². The van der Waals surface area contributed by atoms with E-state index in [1.54, 1.807) is 33.4 Å². The fraction of sp³-hybridized carbons (Fsp3) is 0.231. The monoisotopic (exact) mass is 243 g/mol. The molecule has 0 aliphatic carbocycles. The van der Waals surface area contributed by atoms with Gasteiger partial charge in [0.25, 0.3) is 0 Å². The summed E-state index contributed by atoms with van der Waals surface area (Å²) in [6, 6.07) is 7.34. The van der Waals surface area contributed by atoms with Crippen LogP contribution in [-0.4, -0.2) is 26.3 Å². The number of ether oxygens (including phenoxy) is 2. The van der Waals surface area contributed by atoms with Crippen LogP contribution in [0, 0.1) is 11.3 Å². The van der Waals surface area contributed by atoms with E-state index < -0.39 is 0 Å². The van der Waals surface area contributed by atoms with E-state index in [-0.39, 0.29) is 0 Å². The number of aromatic nitrogens is 1. The molecule has 5 nitrogen and oxygen atoms in total. The highest BCUT2D eigenvalue weighted by molar-refractivity contribution is 5.94. The lowest BCUT2D eigenvalue weighted by molar-refractivity contribution is 0.356. The Kier molecular flexibility index (Phi) is 3.20. The van der Waals surface area contributed by atoms with E-state index >= 15 is 0 Å². The molecule has 0 fully saturated rings. The zero-order valence-corrected chi connectivity index (χ0v) is 10.4. The van der Waals surface area contributed by atoms with E-state index in [1.165, 1.54) is 0 Å². The number of fused-ring (bicyclic) bond motifs is 1. The molecule has 1 N–H and O–H groups in total. The van der Waals surface area contributed by atoms with Crippen LogP contribution < -0.4 is 14.8 Å². The molecule has 0 aliphatic rings. The molecule has 0 bridgehead atoms. The summed E-state index contributed by atoms with van der Waals surface area (Å²) in [5, 5.41) is 12.9. The molecule has 92 valence electrons. The second-order valence-corrected chi connectivity index (χ2v) is 3.64. The summed E-state index contributed by atoms with van der Waals surface area (Å²) in [5.41, 5.74) is 1.88. The summed E-state index contributed by atoms with van der Waals surface area (Å²) in [7, 11) is 4.95. The molecule has 1 aromatic heterocycles. The third kappa shape index (κ3) is 1.89. The lowest BCUT2D eigenvalue weighted by atomic mass is 10.1. The minimum absolute atomic E-state index is 0.360. The average molecular weight is 243 g/mol. The molecule has 0 spiro atoms. The van der Waals surface area contributed by atoms with E-state index in [9.17, 15) is 0 Å². The van der Waals surface area contributed by atoms with Crippen LogP contribution in [0.15, 0.2) is 18.2 Å². The molecule has 2 rings (SSSR count). The molecular formula is C13H13N3O2. The van der Waals surface area contributed by atoms with Crippen molar-refractivity contribution in [1.29, 1.82) is 5.26 Å². The van der Waals surface area contributed by atoms with Crippen molar-refractivity contribution in [1.82, 2.24) is 4.98 Å². The van der Waals surface area contributed by atoms with Gasteiger partial charge in [-0.15, -0.1) is 0 Å². The standard InChI is InChI=1S/C13H13N3O2/c1-15-10-4-8(7-14)16-11-6-13(18-3)12(17-2)5-9(10)11/h4-6H,1-3H3,(H,15,16). The Morgan fingerprint density at radius 2 is 1.83 bits per heavy atom. The Morgan fingerprint density at radius 3 is 2.39 bits per heavy atom. The number of nitrogens with zero attached hydrogens (tertiary/aromatic N) is 2. The Morgan fingerprint density at radius 1 is 1.17 bits per heavy atom. The SMILES string of the molecule is CNc1cc(C#N)nc2cc(OC)c(OC)cc12. The molecule has 1 heterocycles. The average Bonchev–Trinajstić information content (AvgIpc) is 2.44. The summed E-state index contributed by atoms with van der Waals surface area (Å²) in [4.78, 5) is 4.25. The van der Waals surface area contributed by atoms with Crippen molar-refractivity contribution in [3.63, 3.8) is 0 Å². The van der Waals surface area contributed by atoms with Gasteiger partial charge in [0, 0.05) is 24.2 Å². The van der Waals surface area contributed by atoms with Crippen LogP contribution in [-0.2, 0) is 0 Å². The fourth-order valence-electron chi connectivity index (χ4n) is 1.82. The van der Waals surface area contributed by atoms with Gasteiger partial charge in [-0.3, -0.25) is 0 Å². The molecule has 0 atom stereocenters. The van der Waals surface area contributed by atoms with Gasteiger partial charge in [0.15, 0.2) is 11.5 Å². The molecule has 0 amide bonds. The maximum absolute atomic E-state index is 8.95. The number of rotatable bonds is 3. The number of pyridine rings is 1. The van der Waals surface area contributed by atoms with Crippen LogP contribution >= 0.6 is 0 Å². The highest BCUT2D eigenvalue weighted by atomic mass is 16.5. The summed E-state index contributed by atoms with van der Waals surface area (Å²) in [5.74, 6) is 1.22. The van der Waals surface area contributed by atoms with Gasteiger partial charge in [0.05, 0.1) is 19.7 Å². The normalized spacial score (nSPS) is 9.89. The number of nitrogens with one attached hydrogen (secondary N) is 1. The van der Waals surface area contributed by atoms with E-state index in [0.717, 1.165) is 11.1 Å². The maximum Gasteiger partial charge on any atom is 0.162 e. The van der Waals surface area contributed by atoms with Crippen molar-refractivity contribution in [3.8, 4) is 17.6 Å². The Balaban J connectivity index is 2.79. The van der Waals surface area contributed by atoms with Gasteiger partial charge in [0.1, 0.15) is 11.8 Å². The third-order valence-corrected chi connectivity index (χ3v) is 2.70. The molecule has 2 aromatic rings. The van der Waals surface area contributed by atoms with Crippen molar-refractivity contribution in [2.24, 2.45) is 0 Å². The highest BCUT2D eigenvalue weighted by Gasteiger charge is 2.11. The van der Waals surface area contributed by atoms with E-state index in [1.807, 2.05) is 12.1 Å². The second kappa shape index (κ2) is 4.80. The first-order valence-corrected chi connectivity index (χ1v) is 5.38. The Hall–Kier alpha value is -2.48. The van der Waals surface area contributed by atoms with Crippen LogP contribution in [0.5, 0.6) is 11.5 Å². The van der Waals surface area contributed by atoms with Crippen LogP contribution in [0.25, 0.3) is 10.9 Å². The molecule has 1 aromatic carbocycles. The number of hydrogen-bond donors (Lipinski definition) is 1. The minimum atomic E-state index is 0.360. The van der Waals surface area contributed by atoms with Gasteiger partial charge in [-0.1, -0.05) is 0 Å². The lowest BCUT2D eigenvalue weighted by Crippen LogP contribution is -1.96. The predicted octanol–water partition coefficient (Wildman–Crippen LogP) is 2.17.